The maximum atomic E-state index is 13.7. The van der Waals surface area contributed by atoms with Gasteiger partial charge in [0.15, 0.2) is 5.78 Å². The zero-order chi connectivity index (χ0) is 23.0. The van der Waals surface area contributed by atoms with Crippen molar-refractivity contribution in [2.75, 3.05) is 6.54 Å². The zero-order valence-corrected chi connectivity index (χ0v) is 17.3. The Balaban J connectivity index is 1.74. The summed E-state index contributed by atoms with van der Waals surface area (Å²) >= 11 is 0. The first kappa shape index (κ1) is 21.9. The Kier molecular flexibility index (Phi) is 5.46. The Morgan fingerprint density at radius 3 is 2.34 bits per heavy atom. The summed E-state index contributed by atoms with van der Waals surface area (Å²) in [5.41, 5.74) is -0.715. The molecule has 0 amide bonds. The molecule has 1 spiro atoms. The maximum Gasteiger partial charge on any atom is 0.416 e. The lowest BCUT2D eigenvalue weighted by molar-refractivity contribution is -0.137. The summed E-state index contributed by atoms with van der Waals surface area (Å²) in [5, 5.41) is 9.18. The summed E-state index contributed by atoms with van der Waals surface area (Å²) in [5.74, 6) is 0.318. The van der Waals surface area contributed by atoms with Crippen molar-refractivity contribution in [3.8, 4) is 22.9 Å². The van der Waals surface area contributed by atoms with Gasteiger partial charge in [0.25, 0.3) is 0 Å². The maximum absolute atomic E-state index is 13.7. The third kappa shape index (κ3) is 3.42. The predicted molar refractivity (Wildman–Crippen MR) is 112 cm³/mol. The Morgan fingerprint density at radius 2 is 1.78 bits per heavy atom. The van der Waals surface area contributed by atoms with Gasteiger partial charge in [0.1, 0.15) is 11.4 Å². The quantitative estimate of drug-likeness (QED) is 0.503. The van der Waals surface area contributed by atoms with Crippen molar-refractivity contribution in [2.24, 2.45) is 5.41 Å². The fraction of sp³-hybridized carbons (Fsp3) is 0.400. The molecule has 4 nitrogen and oxygen atoms in total. The molecular formula is C25H21F3N2O2. The number of ether oxygens (including phenoxy) is 1. The van der Waals surface area contributed by atoms with Gasteiger partial charge in [-0.3, -0.25) is 4.79 Å². The molecule has 32 heavy (non-hydrogen) atoms. The molecule has 0 N–H and O–H groups in total. The lowest BCUT2D eigenvalue weighted by Crippen LogP contribution is -2.63. The zero-order valence-electron chi connectivity index (χ0n) is 17.3. The fourth-order valence-corrected chi connectivity index (χ4v) is 5.00. The third-order valence-electron chi connectivity index (χ3n) is 6.86. The van der Waals surface area contributed by atoms with E-state index in [1.807, 2.05) is 0 Å². The Morgan fingerprint density at radius 1 is 1.09 bits per heavy atom. The normalized spacial score (nSPS) is 21.1. The second kappa shape index (κ2) is 7.98. The molecule has 1 aliphatic heterocycles. The Hall–Kier alpha value is -3.32. The molecule has 0 radical (unpaired) electrons. The summed E-state index contributed by atoms with van der Waals surface area (Å²) < 4.78 is 45.1. The molecule has 0 aromatic heterocycles. The number of hydrogen-bond donors (Lipinski definition) is 0. The number of nitrogens with zero attached hydrogens (tertiary/aromatic N) is 2. The van der Waals surface area contributed by atoms with E-state index >= 15 is 0 Å². The summed E-state index contributed by atoms with van der Waals surface area (Å²) in [7, 11) is 0. The summed E-state index contributed by atoms with van der Waals surface area (Å²) in [6, 6.07) is 12.1. The van der Waals surface area contributed by atoms with E-state index in [9.17, 15) is 23.2 Å². The number of nitriles is 1. The lowest BCUT2D eigenvalue weighted by Gasteiger charge is -2.56. The first-order valence-corrected chi connectivity index (χ1v) is 10.5. The van der Waals surface area contributed by atoms with Crippen LogP contribution in [0.3, 0.4) is 0 Å². The molecule has 2 aromatic carbocycles. The van der Waals surface area contributed by atoms with Crippen molar-refractivity contribution in [2.45, 2.75) is 50.3 Å². The molecule has 0 saturated heterocycles. The van der Waals surface area contributed by atoms with Gasteiger partial charge in [-0.2, -0.15) is 18.4 Å². The summed E-state index contributed by atoms with van der Waals surface area (Å²) in [6.45, 7) is 7.40. The van der Waals surface area contributed by atoms with Gasteiger partial charge in [-0.25, -0.2) is 6.57 Å². The van der Waals surface area contributed by atoms with Gasteiger partial charge in [0.05, 0.1) is 22.6 Å². The Bertz CT molecular complexity index is 1100. The number of carbonyl (C=O) groups is 1. The average molecular weight is 438 g/mol. The molecule has 7 heteroatoms. The molecule has 1 atom stereocenters. The summed E-state index contributed by atoms with van der Waals surface area (Å²) in [6.07, 6.45) is -1.27. The molecule has 164 valence electrons. The second-order valence-corrected chi connectivity index (χ2v) is 8.44. The smallest absolute Gasteiger partial charge is 0.416 e. The average Bonchev–Trinajstić information content (AvgIpc) is 2.75. The number of ketones is 1. The molecule has 2 aliphatic rings. The fourth-order valence-electron chi connectivity index (χ4n) is 5.00. The molecule has 2 aromatic rings. The molecule has 4 rings (SSSR count). The minimum absolute atomic E-state index is 0.101. The van der Waals surface area contributed by atoms with Crippen LogP contribution in [0.5, 0.6) is 5.75 Å². The molecule has 1 heterocycles. The van der Waals surface area contributed by atoms with Crippen LogP contribution in [0.25, 0.3) is 16.0 Å². The van der Waals surface area contributed by atoms with Crippen molar-refractivity contribution < 1.29 is 22.7 Å². The van der Waals surface area contributed by atoms with Crippen LogP contribution in [-0.2, 0) is 6.18 Å². The van der Waals surface area contributed by atoms with E-state index in [4.69, 9.17) is 11.3 Å². The van der Waals surface area contributed by atoms with Gasteiger partial charge in [-0.05, 0) is 61.1 Å². The van der Waals surface area contributed by atoms with E-state index in [0.29, 0.717) is 48.1 Å². The van der Waals surface area contributed by atoms with Crippen LogP contribution < -0.4 is 4.74 Å². The number of fused-ring (bicyclic) bond motifs is 1. The Labute approximate surface area is 184 Å². The lowest BCUT2D eigenvalue weighted by atomic mass is 9.54. The van der Waals surface area contributed by atoms with Crippen molar-refractivity contribution >= 4 is 5.78 Å². The van der Waals surface area contributed by atoms with Gasteiger partial charge in [-0.1, -0.05) is 18.2 Å². The highest BCUT2D eigenvalue weighted by Crippen LogP contribution is 2.58. The number of halogens is 3. The SMILES string of the molecule is [C-]#[N+]CCC1(CCC#N)C(=O)c2ccc(-c3ccc(C(F)(F)F)cc3)cc2OC12CCC2. The van der Waals surface area contributed by atoms with Crippen LogP contribution in [-0.4, -0.2) is 17.9 Å². The highest BCUT2D eigenvalue weighted by Gasteiger charge is 2.63. The van der Waals surface area contributed by atoms with Crippen molar-refractivity contribution in [3.63, 3.8) is 0 Å². The van der Waals surface area contributed by atoms with Crippen LogP contribution in [0.2, 0.25) is 0 Å². The van der Waals surface area contributed by atoms with Crippen molar-refractivity contribution in [3.05, 3.63) is 65.0 Å². The third-order valence-corrected chi connectivity index (χ3v) is 6.86. The largest absolute Gasteiger partial charge is 0.485 e. The van der Waals surface area contributed by atoms with Gasteiger partial charge >= 0.3 is 6.18 Å². The van der Waals surface area contributed by atoms with E-state index in [1.165, 1.54) is 12.1 Å². The van der Waals surface area contributed by atoms with Gasteiger partial charge < -0.3 is 9.58 Å². The number of benzene rings is 2. The van der Waals surface area contributed by atoms with E-state index < -0.39 is 22.8 Å². The topological polar surface area (TPSA) is 54.5 Å². The molecular weight excluding hydrogens is 417 g/mol. The van der Waals surface area contributed by atoms with E-state index in [2.05, 4.69) is 10.9 Å². The van der Waals surface area contributed by atoms with E-state index in [0.717, 1.165) is 18.6 Å². The van der Waals surface area contributed by atoms with Crippen LogP contribution >= 0.6 is 0 Å². The van der Waals surface area contributed by atoms with Crippen molar-refractivity contribution in [1.82, 2.24) is 0 Å². The van der Waals surface area contributed by atoms with Gasteiger partial charge in [-0.15, -0.1) is 0 Å². The van der Waals surface area contributed by atoms with E-state index in [-0.39, 0.29) is 18.7 Å². The molecule has 0 bridgehead atoms. The van der Waals surface area contributed by atoms with Gasteiger partial charge in [0.2, 0.25) is 6.54 Å². The van der Waals surface area contributed by atoms with Crippen LogP contribution in [0.1, 0.15) is 54.4 Å². The minimum Gasteiger partial charge on any atom is -0.485 e. The number of carbonyl (C=O) groups excluding carboxylic acids is 1. The highest BCUT2D eigenvalue weighted by atomic mass is 19.4. The van der Waals surface area contributed by atoms with Crippen LogP contribution in [0.4, 0.5) is 13.2 Å². The minimum atomic E-state index is -4.40. The number of rotatable bonds is 5. The molecule has 1 aliphatic carbocycles. The highest BCUT2D eigenvalue weighted by molar-refractivity contribution is 6.05. The molecule has 1 fully saturated rings. The van der Waals surface area contributed by atoms with Crippen LogP contribution in [0, 0.1) is 23.3 Å². The standard InChI is InChI=1S/C25H21F3N2O2/c1-30-15-13-23(10-3-14-29)22(31)20-9-6-18(16-21(20)32-24(23)11-2-12-24)17-4-7-19(8-5-17)25(26,27)28/h4-9,16H,2-3,10-13,15H2. The first-order chi connectivity index (χ1) is 15.3. The molecule has 1 unspecified atom stereocenters. The number of Topliss-reactive ketones (excluding diaryl/α,β-unsaturated/α-hetero) is 1. The first-order valence-electron chi connectivity index (χ1n) is 10.5. The number of alkyl halides is 3. The second-order valence-electron chi connectivity index (χ2n) is 8.44. The van der Waals surface area contributed by atoms with Crippen LogP contribution in [0.15, 0.2) is 42.5 Å². The van der Waals surface area contributed by atoms with Gasteiger partial charge in [0, 0.05) is 12.8 Å². The monoisotopic (exact) mass is 438 g/mol. The van der Waals surface area contributed by atoms with E-state index in [1.54, 1.807) is 18.2 Å². The summed E-state index contributed by atoms with van der Waals surface area (Å²) in [4.78, 5) is 17.2. The molecule has 1 saturated carbocycles. The predicted octanol–water partition coefficient (Wildman–Crippen LogP) is 6.47. The van der Waals surface area contributed by atoms with Crippen molar-refractivity contribution in [1.29, 1.82) is 5.26 Å². The number of hydrogen-bond acceptors (Lipinski definition) is 3.